The second-order valence-electron chi connectivity index (χ2n) is 8.32. The monoisotopic (exact) mass is 471 g/mol. The van der Waals surface area contributed by atoms with Gasteiger partial charge in [0.15, 0.2) is 11.6 Å². The molecular formula is C20H31ClFN7O3. The molecule has 1 aliphatic carbocycles. The van der Waals surface area contributed by atoms with Gasteiger partial charge in [-0.15, -0.1) is 0 Å². The number of aromatic nitrogens is 2. The molecule has 1 aromatic rings. The summed E-state index contributed by atoms with van der Waals surface area (Å²) in [4.78, 5) is 35.6. The zero-order chi connectivity index (χ0) is 23.1. The van der Waals surface area contributed by atoms with E-state index < -0.39 is 17.6 Å². The van der Waals surface area contributed by atoms with Crippen molar-refractivity contribution in [2.75, 3.05) is 49.6 Å². The molecule has 1 aromatic heterocycles. The lowest BCUT2D eigenvalue weighted by Crippen LogP contribution is -2.47. The van der Waals surface area contributed by atoms with Gasteiger partial charge in [-0.3, -0.25) is 25.6 Å². The Morgan fingerprint density at radius 3 is 2.62 bits per heavy atom. The topological polar surface area (TPSA) is 114 Å². The van der Waals surface area contributed by atoms with Crippen LogP contribution in [0.1, 0.15) is 39.0 Å². The number of hydrogen-bond donors (Lipinski definition) is 3. The SMILES string of the molecule is CCN1CCN(c2nc(Cl)nc(NNC(=O)[C@@H](CC3CCCC3)CN(O)C=O)c2F)CC1. The third-order valence-electron chi connectivity index (χ3n) is 6.22. The third kappa shape index (κ3) is 6.39. The van der Waals surface area contributed by atoms with Crippen LogP contribution >= 0.6 is 11.6 Å². The van der Waals surface area contributed by atoms with Gasteiger partial charge in [0.1, 0.15) is 0 Å². The Kier molecular flexibility index (Phi) is 8.83. The van der Waals surface area contributed by atoms with E-state index in [9.17, 15) is 14.8 Å². The molecule has 0 bridgehead atoms. The Morgan fingerprint density at radius 2 is 2.00 bits per heavy atom. The highest BCUT2D eigenvalue weighted by atomic mass is 35.5. The average Bonchev–Trinajstić information content (AvgIpc) is 3.31. The van der Waals surface area contributed by atoms with Crippen molar-refractivity contribution in [1.29, 1.82) is 0 Å². The predicted octanol–water partition coefficient (Wildman–Crippen LogP) is 1.90. The molecule has 10 nitrogen and oxygen atoms in total. The first-order valence-electron chi connectivity index (χ1n) is 11.1. The molecule has 0 radical (unpaired) electrons. The second kappa shape index (κ2) is 11.6. The molecule has 1 saturated carbocycles. The van der Waals surface area contributed by atoms with E-state index in [-0.39, 0.29) is 29.9 Å². The molecule has 0 unspecified atom stereocenters. The number of halogens is 2. The summed E-state index contributed by atoms with van der Waals surface area (Å²) in [6.07, 6.45) is 5.01. The highest BCUT2D eigenvalue weighted by Gasteiger charge is 2.28. The molecule has 2 aliphatic rings. The molecule has 2 heterocycles. The summed E-state index contributed by atoms with van der Waals surface area (Å²) in [6, 6.07) is 0. The van der Waals surface area contributed by atoms with Gasteiger partial charge in [-0.2, -0.15) is 14.4 Å². The number of nitrogens with one attached hydrogen (secondary N) is 2. The maximum absolute atomic E-state index is 15.1. The summed E-state index contributed by atoms with van der Waals surface area (Å²) in [5.74, 6) is -1.62. The van der Waals surface area contributed by atoms with Crippen LogP contribution in [0.25, 0.3) is 0 Å². The molecule has 2 fully saturated rings. The molecule has 0 aromatic carbocycles. The van der Waals surface area contributed by atoms with E-state index >= 15 is 4.39 Å². The zero-order valence-corrected chi connectivity index (χ0v) is 19.0. The molecule has 0 spiro atoms. The smallest absolute Gasteiger partial charge is 0.243 e. The van der Waals surface area contributed by atoms with Crippen molar-refractivity contribution in [3.8, 4) is 0 Å². The fourth-order valence-electron chi connectivity index (χ4n) is 4.38. The van der Waals surface area contributed by atoms with Crippen LogP contribution in [0.5, 0.6) is 0 Å². The fourth-order valence-corrected chi connectivity index (χ4v) is 4.55. The highest BCUT2D eigenvalue weighted by Crippen LogP contribution is 2.31. The van der Waals surface area contributed by atoms with Crippen LogP contribution in [0.15, 0.2) is 0 Å². The fraction of sp³-hybridized carbons (Fsp3) is 0.700. The van der Waals surface area contributed by atoms with Gasteiger partial charge in [0.25, 0.3) is 0 Å². The lowest BCUT2D eigenvalue weighted by molar-refractivity contribution is -0.154. The van der Waals surface area contributed by atoms with Crippen LogP contribution in [0.4, 0.5) is 16.0 Å². The van der Waals surface area contributed by atoms with Crippen LogP contribution < -0.4 is 15.8 Å². The van der Waals surface area contributed by atoms with Crippen LogP contribution in [0, 0.1) is 17.7 Å². The Bertz CT molecular complexity index is 789. The summed E-state index contributed by atoms with van der Waals surface area (Å²) in [5.41, 5.74) is 4.97. The number of likely N-dealkylation sites (N-methyl/N-ethyl adjacent to an activating group) is 1. The molecule has 3 rings (SSSR count). The minimum absolute atomic E-state index is 0.0856. The number of amides is 2. The van der Waals surface area contributed by atoms with E-state index in [2.05, 4.69) is 32.6 Å². The van der Waals surface area contributed by atoms with Crippen molar-refractivity contribution in [2.24, 2.45) is 11.8 Å². The lowest BCUT2D eigenvalue weighted by atomic mass is 9.92. The van der Waals surface area contributed by atoms with Gasteiger partial charge < -0.3 is 9.80 Å². The van der Waals surface area contributed by atoms with Crippen molar-refractivity contribution in [3.63, 3.8) is 0 Å². The number of anilines is 2. The summed E-state index contributed by atoms with van der Waals surface area (Å²) >= 11 is 6.02. The molecule has 1 atom stereocenters. The van der Waals surface area contributed by atoms with Crippen molar-refractivity contribution in [2.45, 2.75) is 39.0 Å². The number of carbonyl (C=O) groups is 2. The number of rotatable bonds is 10. The Morgan fingerprint density at radius 1 is 1.31 bits per heavy atom. The van der Waals surface area contributed by atoms with E-state index in [1.807, 2.05) is 0 Å². The summed E-state index contributed by atoms with van der Waals surface area (Å²) < 4.78 is 15.1. The van der Waals surface area contributed by atoms with Gasteiger partial charge in [-0.25, -0.2) is 5.06 Å². The standard InChI is InChI=1S/C20H31ClFN7O3/c1-2-27-7-9-28(10-8-27)18-16(22)17(23-20(21)24-18)25-26-19(31)15(12-29(32)13-30)11-14-5-3-4-6-14/h13-15,32H,2-12H2,1H3,(H,26,31)(H,23,24,25)/t15-/m0/s1. The summed E-state index contributed by atoms with van der Waals surface area (Å²) in [6.45, 7) is 5.64. The zero-order valence-electron chi connectivity index (χ0n) is 18.3. The van der Waals surface area contributed by atoms with Crippen molar-refractivity contribution < 1.29 is 19.2 Å². The van der Waals surface area contributed by atoms with Crippen molar-refractivity contribution >= 4 is 35.6 Å². The Hall–Kier alpha value is -2.24. The number of nitrogens with zero attached hydrogens (tertiary/aromatic N) is 5. The average molecular weight is 472 g/mol. The molecule has 178 valence electrons. The normalized spacial score (nSPS) is 18.4. The van der Waals surface area contributed by atoms with Crippen LogP contribution in [0.3, 0.4) is 0 Å². The largest absolute Gasteiger partial charge is 0.351 e. The second-order valence-corrected chi connectivity index (χ2v) is 8.66. The molecule has 32 heavy (non-hydrogen) atoms. The summed E-state index contributed by atoms with van der Waals surface area (Å²) in [5, 5.41) is 9.91. The number of hydrazine groups is 1. The van der Waals surface area contributed by atoms with Gasteiger partial charge in [0, 0.05) is 26.2 Å². The van der Waals surface area contributed by atoms with Gasteiger partial charge in [-0.05, 0) is 30.5 Å². The Labute approximate surface area is 192 Å². The van der Waals surface area contributed by atoms with E-state index in [4.69, 9.17) is 11.6 Å². The van der Waals surface area contributed by atoms with E-state index in [1.54, 1.807) is 4.90 Å². The molecule has 3 N–H and O–H groups in total. The lowest BCUT2D eigenvalue weighted by Gasteiger charge is -2.35. The van der Waals surface area contributed by atoms with Crippen LogP contribution in [0.2, 0.25) is 5.28 Å². The van der Waals surface area contributed by atoms with Crippen LogP contribution in [-0.2, 0) is 9.59 Å². The first kappa shape index (κ1) is 24.4. The minimum Gasteiger partial charge on any atom is -0.351 e. The number of piperazine rings is 1. The maximum Gasteiger partial charge on any atom is 0.243 e. The molecular weight excluding hydrogens is 441 g/mol. The van der Waals surface area contributed by atoms with Crippen LogP contribution in [-0.4, -0.2) is 76.7 Å². The van der Waals surface area contributed by atoms with Gasteiger partial charge in [0.2, 0.25) is 23.4 Å². The first-order valence-corrected chi connectivity index (χ1v) is 11.5. The quantitative estimate of drug-likeness (QED) is 0.205. The van der Waals surface area contributed by atoms with Crippen molar-refractivity contribution in [3.05, 3.63) is 11.1 Å². The molecule has 12 heteroatoms. The first-order chi connectivity index (χ1) is 15.4. The van der Waals surface area contributed by atoms with Gasteiger partial charge in [0.05, 0.1) is 12.5 Å². The van der Waals surface area contributed by atoms with E-state index in [0.29, 0.717) is 30.5 Å². The minimum atomic E-state index is -0.705. The van der Waals surface area contributed by atoms with E-state index in [1.165, 1.54) is 0 Å². The van der Waals surface area contributed by atoms with E-state index in [0.717, 1.165) is 45.3 Å². The number of hydroxylamine groups is 2. The predicted molar refractivity (Wildman–Crippen MR) is 118 cm³/mol. The Balaban J connectivity index is 1.66. The maximum atomic E-state index is 15.1. The van der Waals surface area contributed by atoms with Gasteiger partial charge >= 0.3 is 0 Å². The molecule has 1 saturated heterocycles. The van der Waals surface area contributed by atoms with Gasteiger partial charge in [-0.1, -0.05) is 32.6 Å². The number of hydrogen-bond acceptors (Lipinski definition) is 8. The van der Waals surface area contributed by atoms with Crippen molar-refractivity contribution in [1.82, 2.24) is 25.4 Å². The highest BCUT2D eigenvalue weighted by molar-refractivity contribution is 6.28. The number of carbonyl (C=O) groups excluding carboxylic acids is 2. The molecule has 1 aliphatic heterocycles. The molecule has 2 amide bonds. The third-order valence-corrected chi connectivity index (χ3v) is 6.39. The summed E-state index contributed by atoms with van der Waals surface area (Å²) in [7, 11) is 0.